The van der Waals surface area contributed by atoms with Crippen molar-refractivity contribution in [2.24, 2.45) is 5.92 Å². The van der Waals surface area contributed by atoms with E-state index in [-0.39, 0.29) is 29.5 Å². The number of amides is 2. The summed E-state index contributed by atoms with van der Waals surface area (Å²) in [5.41, 5.74) is 3.29. The van der Waals surface area contributed by atoms with Gasteiger partial charge in [-0.25, -0.2) is 0 Å². The molecule has 0 saturated heterocycles. The molecular weight excluding hydrogens is 516 g/mol. The van der Waals surface area contributed by atoms with E-state index in [1.54, 1.807) is 12.1 Å². The molecule has 2 heterocycles. The van der Waals surface area contributed by atoms with Crippen LogP contribution in [0.15, 0.2) is 42.1 Å². The SMILES string of the molecule is C=CCn1c(SCC(=O)Nc2sc3c(c2C#N)CCCC3)nnc1[C@@H](NC(=O)c1cccc(C)c1)C(C)C. The van der Waals surface area contributed by atoms with Crippen LogP contribution in [-0.4, -0.2) is 32.3 Å². The predicted molar refractivity (Wildman–Crippen MR) is 151 cm³/mol. The molecule has 0 saturated carbocycles. The third-order valence-corrected chi connectivity index (χ3v) is 8.61. The van der Waals surface area contributed by atoms with Gasteiger partial charge in [-0.05, 0) is 56.2 Å². The maximum atomic E-state index is 13.0. The predicted octanol–water partition coefficient (Wildman–Crippen LogP) is 5.44. The number of hydrogen-bond donors (Lipinski definition) is 2. The Morgan fingerprint density at radius 3 is 2.79 bits per heavy atom. The Kier molecular flexibility index (Phi) is 9.02. The number of carbonyl (C=O) groups is 2. The quantitative estimate of drug-likeness (QED) is 0.258. The molecule has 1 aliphatic rings. The molecule has 4 rings (SSSR count). The second-order valence-electron chi connectivity index (χ2n) is 9.67. The minimum atomic E-state index is -0.380. The highest BCUT2D eigenvalue weighted by Gasteiger charge is 2.27. The lowest BCUT2D eigenvalue weighted by molar-refractivity contribution is -0.113. The van der Waals surface area contributed by atoms with Gasteiger partial charge < -0.3 is 15.2 Å². The molecule has 198 valence electrons. The van der Waals surface area contributed by atoms with Crippen molar-refractivity contribution < 1.29 is 9.59 Å². The molecule has 0 aliphatic heterocycles. The summed E-state index contributed by atoms with van der Waals surface area (Å²) in [7, 11) is 0. The van der Waals surface area contributed by atoms with Crippen molar-refractivity contribution >= 4 is 39.9 Å². The van der Waals surface area contributed by atoms with Crippen LogP contribution in [0.4, 0.5) is 5.00 Å². The lowest BCUT2D eigenvalue weighted by atomic mass is 9.96. The number of nitrogens with zero attached hydrogens (tertiary/aromatic N) is 4. The van der Waals surface area contributed by atoms with Gasteiger partial charge in [-0.1, -0.05) is 49.4 Å². The van der Waals surface area contributed by atoms with Crippen molar-refractivity contribution in [1.82, 2.24) is 20.1 Å². The third-order valence-electron chi connectivity index (χ3n) is 6.44. The maximum Gasteiger partial charge on any atom is 0.251 e. The van der Waals surface area contributed by atoms with Crippen LogP contribution in [0.3, 0.4) is 0 Å². The first-order valence-corrected chi connectivity index (χ1v) is 14.5. The number of thioether (sulfide) groups is 1. The normalized spacial score (nSPS) is 13.4. The highest BCUT2D eigenvalue weighted by molar-refractivity contribution is 7.99. The van der Waals surface area contributed by atoms with E-state index in [1.165, 1.54) is 28.0 Å². The highest BCUT2D eigenvalue weighted by Crippen LogP contribution is 2.37. The van der Waals surface area contributed by atoms with Gasteiger partial charge in [0, 0.05) is 17.0 Å². The molecule has 0 spiro atoms. The largest absolute Gasteiger partial charge is 0.342 e. The number of aryl methyl sites for hydroxylation is 2. The zero-order valence-corrected chi connectivity index (χ0v) is 23.5. The van der Waals surface area contributed by atoms with Gasteiger partial charge in [-0.15, -0.1) is 28.1 Å². The Labute approximate surface area is 231 Å². The van der Waals surface area contributed by atoms with E-state index >= 15 is 0 Å². The third kappa shape index (κ3) is 6.17. The summed E-state index contributed by atoms with van der Waals surface area (Å²) in [4.78, 5) is 27.1. The monoisotopic (exact) mass is 548 g/mol. The standard InChI is InChI=1S/C28H32N6O2S2/c1-5-13-34-25(24(17(2)3)31-26(36)19-10-8-9-18(4)14-19)32-33-28(34)37-16-23(35)30-27-21(15-29)20-11-6-7-12-22(20)38-27/h5,8-10,14,17,24H,1,6-7,11-13,16H2,2-4H3,(H,30,35)(H,31,36)/t24-/m0/s1. The maximum absolute atomic E-state index is 13.0. The van der Waals surface area contributed by atoms with E-state index in [0.717, 1.165) is 36.8 Å². The summed E-state index contributed by atoms with van der Waals surface area (Å²) in [6.45, 7) is 10.3. The Bertz CT molecular complexity index is 1380. The first-order valence-electron chi connectivity index (χ1n) is 12.7. The van der Waals surface area contributed by atoms with Gasteiger partial charge in [0.25, 0.3) is 5.91 Å². The fourth-order valence-electron chi connectivity index (χ4n) is 4.54. The van der Waals surface area contributed by atoms with Crippen molar-refractivity contribution in [2.75, 3.05) is 11.1 Å². The molecule has 0 unspecified atom stereocenters. The summed E-state index contributed by atoms with van der Waals surface area (Å²) in [5, 5.41) is 25.7. The minimum absolute atomic E-state index is 0.0481. The molecule has 38 heavy (non-hydrogen) atoms. The molecule has 10 heteroatoms. The molecule has 3 aromatic rings. The van der Waals surface area contributed by atoms with Crippen LogP contribution in [0, 0.1) is 24.2 Å². The molecule has 1 aliphatic carbocycles. The van der Waals surface area contributed by atoms with Crippen LogP contribution >= 0.6 is 23.1 Å². The number of hydrogen-bond acceptors (Lipinski definition) is 7. The van der Waals surface area contributed by atoms with Gasteiger partial charge in [0.1, 0.15) is 11.1 Å². The van der Waals surface area contributed by atoms with E-state index in [4.69, 9.17) is 0 Å². The van der Waals surface area contributed by atoms with Crippen LogP contribution in [0.1, 0.15) is 70.5 Å². The number of nitrogens with one attached hydrogen (secondary N) is 2. The number of aromatic nitrogens is 3. The van der Waals surface area contributed by atoms with Crippen molar-refractivity contribution in [3.05, 3.63) is 69.9 Å². The van der Waals surface area contributed by atoms with Gasteiger partial charge in [0.15, 0.2) is 11.0 Å². The zero-order valence-electron chi connectivity index (χ0n) is 21.9. The Morgan fingerprint density at radius 1 is 1.29 bits per heavy atom. The number of rotatable bonds is 10. The topological polar surface area (TPSA) is 113 Å². The summed E-state index contributed by atoms with van der Waals surface area (Å²) in [6.07, 6.45) is 5.79. The average Bonchev–Trinajstić information content (AvgIpc) is 3.46. The van der Waals surface area contributed by atoms with E-state index < -0.39 is 0 Å². The summed E-state index contributed by atoms with van der Waals surface area (Å²) in [5.74, 6) is 0.396. The second-order valence-corrected chi connectivity index (χ2v) is 11.7. The van der Waals surface area contributed by atoms with E-state index in [2.05, 4.69) is 33.5 Å². The van der Waals surface area contributed by atoms with E-state index in [1.807, 2.05) is 43.5 Å². The summed E-state index contributed by atoms with van der Waals surface area (Å²) >= 11 is 2.78. The van der Waals surface area contributed by atoms with Crippen LogP contribution in [0.5, 0.6) is 0 Å². The lowest BCUT2D eigenvalue weighted by Crippen LogP contribution is -2.34. The molecule has 8 nitrogen and oxygen atoms in total. The minimum Gasteiger partial charge on any atom is -0.342 e. The van der Waals surface area contributed by atoms with Crippen molar-refractivity contribution in [2.45, 2.75) is 64.2 Å². The first-order chi connectivity index (χ1) is 18.3. The van der Waals surface area contributed by atoms with Gasteiger partial charge in [0.05, 0.1) is 17.4 Å². The summed E-state index contributed by atoms with van der Waals surface area (Å²) < 4.78 is 1.89. The molecule has 0 bridgehead atoms. The number of fused-ring (bicyclic) bond motifs is 1. The molecular formula is C28H32N6O2S2. The zero-order chi connectivity index (χ0) is 27.2. The molecule has 1 atom stereocenters. The fraction of sp³-hybridized carbons (Fsp3) is 0.393. The van der Waals surface area contributed by atoms with Crippen molar-refractivity contribution in [1.29, 1.82) is 5.26 Å². The number of thiophene rings is 1. The molecule has 2 N–H and O–H groups in total. The fourth-order valence-corrected chi connectivity index (χ4v) is 6.55. The van der Waals surface area contributed by atoms with Crippen molar-refractivity contribution in [3.63, 3.8) is 0 Å². The second kappa shape index (κ2) is 12.4. The molecule has 0 radical (unpaired) electrons. The smallest absolute Gasteiger partial charge is 0.251 e. The van der Waals surface area contributed by atoms with E-state index in [9.17, 15) is 14.9 Å². The van der Waals surface area contributed by atoms with Crippen LogP contribution in [0.25, 0.3) is 0 Å². The Morgan fingerprint density at radius 2 is 2.08 bits per heavy atom. The van der Waals surface area contributed by atoms with Gasteiger partial charge in [0.2, 0.25) is 5.91 Å². The number of allylic oxidation sites excluding steroid dienone is 1. The molecule has 1 aromatic carbocycles. The lowest BCUT2D eigenvalue weighted by Gasteiger charge is -2.22. The van der Waals surface area contributed by atoms with Crippen molar-refractivity contribution in [3.8, 4) is 6.07 Å². The van der Waals surface area contributed by atoms with Gasteiger partial charge >= 0.3 is 0 Å². The Balaban J connectivity index is 1.48. The highest BCUT2D eigenvalue weighted by atomic mass is 32.2. The molecule has 2 aromatic heterocycles. The van der Waals surface area contributed by atoms with Gasteiger partial charge in [-0.2, -0.15) is 5.26 Å². The van der Waals surface area contributed by atoms with Gasteiger partial charge in [-0.3, -0.25) is 9.59 Å². The van der Waals surface area contributed by atoms with E-state index in [0.29, 0.717) is 33.7 Å². The first kappa shape index (κ1) is 27.6. The number of carbonyl (C=O) groups excluding carboxylic acids is 2. The van der Waals surface area contributed by atoms with Crippen LogP contribution < -0.4 is 10.6 Å². The summed E-state index contributed by atoms with van der Waals surface area (Å²) in [6, 6.07) is 9.35. The van der Waals surface area contributed by atoms with Crippen LogP contribution in [-0.2, 0) is 24.2 Å². The Hall–Kier alpha value is -3.42. The molecule has 2 amide bonds. The molecule has 0 fully saturated rings. The van der Waals surface area contributed by atoms with Crippen LogP contribution in [0.2, 0.25) is 0 Å². The average molecular weight is 549 g/mol. The number of nitriles is 1. The number of anilines is 1. The number of benzene rings is 1.